The van der Waals surface area contributed by atoms with Crippen molar-refractivity contribution in [2.45, 2.75) is 37.5 Å². The second-order valence-electron chi connectivity index (χ2n) is 7.35. The minimum atomic E-state index is -0.0354. The lowest BCUT2D eigenvalue weighted by molar-refractivity contribution is -0.116. The number of para-hydroxylation sites is 1. The molecule has 2 aromatic carbocycles. The highest BCUT2D eigenvalue weighted by Gasteiger charge is 2.30. The van der Waals surface area contributed by atoms with Crippen molar-refractivity contribution in [2.75, 3.05) is 10.7 Å². The lowest BCUT2D eigenvalue weighted by Gasteiger charge is -2.19. The number of hydrogen-bond donors (Lipinski definition) is 0. The first-order valence-corrected chi connectivity index (χ1v) is 11.6. The quantitative estimate of drug-likeness (QED) is 0.371. The highest BCUT2D eigenvalue weighted by Crippen LogP contribution is 2.40. The van der Waals surface area contributed by atoms with Gasteiger partial charge in [0.2, 0.25) is 11.8 Å². The fraction of sp³-hybridized carbons (Fsp3) is 0.273. The van der Waals surface area contributed by atoms with Crippen molar-refractivity contribution in [3.05, 3.63) is 65.5 Å². The Kier molecular flexibility index (Phi) is 5.26. The second kappa shape index (κ2) is 8.20. The number of hydrogen-bond acceptors (Lipinski definition) is 7. The maximum absolute atomic E-state index is 13.2. The van der Waals surface area contributed by atoms with Crippen molar-refractivity contribution < 1.29 is 9.21 Å². The predicted molar refractivity (Wildman–Crippen MR) is 119 cm³/mol. The van der Waals surface area contributed by atoms with E-state index in [9.17, 15) is 4.79 Å². The van der Waals surface area contributed by atoms with E-state index in [0.29, 0.717) is 28.7 Å². The molecule has 1 fully saturated rings. The van der Waals surface area contributed by atoms with E-state index in [2.05, 4.69) is 10.2 Å². The Hall–Kier alpha value is -2.71. The topological polar surface area (TPSA) is 72.1 Å². The van der Waals surface area contributed by atoms with Gasteiger partial charge >= 0.3 is 0 Å². The zero-order chi connectivity index (χ0) is 20.5. The van der Waals surface area contributed by atoms with Gasteiger partial charge in [-0.2, -0.15) is 0 Å². The summed E-state index contributed by atoms with van der Waals surface area (Å²) in [6, 6.07) is 16.1. The maximum atomic E-state index is 13.2. The van der Waals surface area contributed by atoms with Gasteiger partial charge < -0.3 is 4.42 Å². The number of amides is 1. The van der Waals surface area contributed by atoms with Gasteiger partial charge in [-0.25, -0.2) is 4.98 Å². The second-order valence-corrected chi connectivity index (χ2v) is 9.29. The van der Waals surface area contributed by atoms with Gasteiger partial charge in [-0.05, 0) is 37.0 Å². The van der Waals surface area contributed by atoms with Crippen molar-refractivity contribution in [1.29, 1.82) is 0 Å². The molecule has 8 heteroatoms. The summed E-state index contributed by atoms with van der Waals surface area (Å²) >= 11 is 2.82. The van der Waals surface area contributed by atoms with Crippen LogP contribution in [0.25, 0.3) is 10.2 Å². The monoisotopic (exact) mass is 436 g/mol. The summed E-state index contributed by atoms with van der Waals surface area (Å²) in [6.07, 6.45) is 2.21. The molecule has 0 bridgehead atoms. The molecule has 2 heterocycles. The van der Waals surface area contributed by atoms with Crippen LogP contribution in [0.2, 0.25) is 0 Å². The molecule has 30 heavy (non-hydrogen) atoms. The molecule has 152 valence electrons. The maximum Gasteiger partial charge on any atom is 0.277 e. The Morgan fingerprint density at radius 1 is 1.17 bits per heavy atom. The fourth-order valence-electron chi connectivity index (χ4n) is 3.19. The van der Waals surface area contributed by atoms with Gasteiger partial charge in [0.05, 0.1) is 22.5 Å². The summed E-state index contributed by atoms with van der Waals surface area (Å²) in [5.74, 6) is 1.27. The van der Waals surface area contributed by atoms with Gasteiger partial charge in [0.1, 0.15) is 0 Å². The fourth-order valence-corrected chi connectivity index (χ4v) is 4.90. The molecule has 0 radical (unpaired) electrons. The first-order chi connectivity index (χ1) is 14.7. The van der Waals surface area contributed by atoms with Crippen LogP contribution in [0.1, 0.15) is 35.8 Å². The first-order valence-electron chi connectivity index (χ1n) is 9.84. The lowest BCUT2D eigenvalue weighted by Crippen LogP contribution is -2.31. The standard InChI is InChI=1S/C22H20N4O2S2/c1-14-6-5-9-17-19(14)23-21(30-17)26(12-15-7-3-2-4-8-15)18(27)13-29-22-25-24-20(28-22)16-10-11-16/h2-9,16H,10-13H2,1H3. The van der Waals surface area contributed by atoms with E-state index in [0.717, 1.165) is 34.2 Å². The number of nitrogens with zero attached hydrogens (tertiary/aromatic N) is 4. The van der Waals surface area contributed by atoms with E-state index >= 15 is 0 Å². The number of aromatic nitrogens is 3. The van der Waals surface area contributed by atoms with Crippen molar-refractivity contribution in [1.82, 2.24) is 15.2 Å². The zero-order valence-corrected chi connectivity index (χ0v) is 18.1. The number of carbonyl (C=O) groups excluding carboxylic acids is 1. The van der Waals surface area contributed by atoms with Gasteiger partial charge in [0.25, 0.3) is 5.22 Å². The first kappa shape index (κ1) is 19.3. The van der Waals surface area contributed by atoms with Gasteiger partial charge in [0, 0.05) is 5.92 Å². The summed E-state index contributed by atoms with van der Waals surface area (Å²) in [6.45, 7) is 2.51. The third-order valence-electron chi connectivity index (χ3n) is 4.99. The Morgan fingerprint density at radius 2 is 2.00 bits per heavy atom. The smallest absolute Gasteiger partial charge is 0.277 e. The molecule has 1 aliphatic carbocycles. The van der Waals surface area contributed by atoms with E-state index in [-0.39, 0.29) is 11.7 Å². The number of benzene rings is 2. The summed E-state index contributed by atoms with van der Waals surface area (Å²) < 4.78 is 6.76. The highest BCUT2D eigenvalue weighted by molar-refractivity contribution is 7.99. The summed E-state index contributed by atoms with van der Waals surface area (Å²) in [5, 5.41) is 9.32. The predicted octanol–water partition coefficient (Wildman–Crippen LogP) is 5.19. The average Bonchev–Trinajstić information content (AvgIpc) is 3.33. The van der Waals surface area contributed by atoms with Gasteiger partial charge in [-0.3, -0.25) is 9.69 Å². The van der Waals surface area contributed by atoms with Crippen molar-refractivity contribution >= 4 is 44.4 Å². The van der Waals surface area contributed by atoms with Crippen LogP contribution in [0.3, 0.4) is 0 Å². The average molecular weight is 437 g/mol. The Labute approximate surface area is 182 Å². The van der Waals surface area contributed by atoms with Crippen molar-refractivity contribution in [3.63, 3.8) is 0 Å². The molecule has 0 N–H and O–H groups in total. The van der Waals surface area contributed by atoms with Crippen LogP contribution in [0.4, 0.5) is 5.13 Å². The van der Waals surface area contributed by atoms with Gasteiger partial charge in [0.15, 0.2) is 5.13 Å². The molecule has 6 nitrogen and oxygen atoms in total. The van der Waals surface area contributed by atoms with Crippen LogP contribution in [0, 0.1) is 6.92 Å². The largest absolute Gasteiger partial charge is 0.416 e. The van der Waals surface area contributed by atoms with Crippen LogP contribution in [-0.2, 0) is 11.3 Å². The number of fused-ring (bicyclic) bond motifs is 1. The molecule has 2 aromatic heterocycles. The SMILES string of the molecule is Cc1cccc2sc(N(Cc3ccccc3)C(=O)CSc3nnc(C4CC4)o3)nc12. The highest BCUT2D eigenvalue weighted by atomic mass is 32.2. The number of carbonyl (C=O) groups is 1. The van der Waals surface area contributed by atoms with Crippen LogP contribution < -0.4 is 4.90 Å². The number of thioether (sulfide) groups is 1. The van der Waals surface area contributed by atoms with Crippen LogP contribution >= 0.6 is 23.1 Å². The number of thiazole rings is 1. The summed E-state index contributed by atoms with van der Waals surface area (Å²) in [4.78, 5) is 19.8. The molecule has 4 aromatic rings. The van der Waals surface area contributed by atoms with Crippen molar-refractivity contribution in [2.24, 2.45) is 0 Å². The molecular formula is C22H20N4O2S2. The van der Waals surface area contributed by atoms with E-state index in [1.54, 1.807) is 4.90 Å². The number of aryl methyl sites for hydroxylation is 1. The Balaban J connectivity index is 1.38. The Morgan fingerprint density at radius 3 is 2.77 bits per heavy atom. The molecule has 0 spiro atoms. The van der Waals surface area contributed by atoms with E-state index in [4.69, 9.17) is 9.40 Å². The molecule has 1 amide bonds. The zero-order valence-electron chi connectivity index (χ0n) is 16.4. The van der Waals surface area contributed by atoms with E-state index < -0.39 is 0 Å². The summed E-state index contributed by atoms with van der Waals surface area (Å²) in [7, 11) is 0. The van der Waals surface area contributed by atoms with Gasteiger partial charge in [-0.15, -0.1) is 10.2 Å². The molecular weight excluding hydrogens is 416 g/mol. The van der Waals surface area contributed by atoms with Crippen molar-refractivity contribution in [3.8, 4) is 0 Å². The minimum Gasteiger partial charge on any atom is -0.416 e. The molecule has 1 aliphatic rings. The van der Waals surface area contributed by atoms with E-state index in [1.165, 1.54) is 23.1 Å². The number of rotatable bonds is 7. The summed E-state index contributed by atoms with van der Waals surface area (Å²) in [5.41, 5.74) is 3.11. The molecule has 0 unspecified atom stereocenters. The molecule has 0 aliphatic heterocycles. The van der Waals surface area contributed by atoms with E-state index in [1.807, 2.05) is 55.5 Å². The van der Waals surface area contributed by atoms with Crippen LogP contribution in [0.5, 0.6) is 0 Å². The van der Waals surface area contributed by atoms with Crippen LogP contribution in [0.15, 0.2) is 58.2 Å². The molecule has 1 saturated carbocycles. The third kappa shape index (κ3) is 4.11. The normalized spacial score (nSPS) is 13.6. The third-order valence-corrected chi connectivity index (χ3v) is 6.84. The Bertz CT molecular complexity index is 1180. The molecule has 0 saturated heterocycles. The van der Waals surface area contributed by atoms with Gasteiger partial charge in [-0.1, -0.05) is 65.6 Å². The lowest BCUT2D eigenvalue weighted by atomic mass is 10.2. The minimum absolute atomic E-state index is 0.0354. The number of anilines is 1. The molecule has 5 rings (SSSR count). The molecule has 0 atom stereocenters. The van der Waals surface area contributed by atoms with Crippen LogP contribution in [-0.4, -0.2) is 26.8 Å².